The van der Waals surface area contributed by atoms with Gasteiger partial charge in [-0.15, -0.1) is 0 Å². The Balaban J connectivity index is 1.90. The van der Waals surface area contributed by atoms with E-state index in [1.165, 1.54) is 13.2 Å². The van der Waals surface area contributed by atoms with Crippen LogP contribution in [-0.2, 0) is 4.79 Å². The van der Waals surface area contributed by atoms with Crippen molar-refractivity contribution in [1.29, 1.82) is 0 Å². The number of halogens is 1. The van der Waals surface area contributed by atoms with Crippen LogP contribution in [0.5, 0.6) is 11.5 Å². The van der Waals surface area contributed by atoms with E-state index in [1.54, 1.807) is 6.07 Å². The SMILES string of the molecule is CCOc1c(Cl)cc(C(=O)NCCNC(=O)C2CC2)cc1OC. The van der Waals surface area contributed by atoms with Crippen molar-refractivity contribution in [3.63, 3.8) is 0 Å². The predicted molar refractivity (Wildman–Crippen MR) is 87.2 cm³/mol. The van der Waals surface area contributed by atoms with Gasteiger partial charge in [0.25, 0.3) is 5.91 Å². The van der Waals surface area contributed by atoms with E-state index in [0.717, 1.165) is 12.8 Å². The summed E-state index contributed by atoms with van der Waals surface area (Å²) in [5, 5.41) is 5.84. The first kappa shape index (κ1) is 17.4. The molecule has 0 bridgehead atoms. The summed E-state index contributed by atoms with van der Waals surface area (Å²) in [5.74, 6) is 0.773. The molecule has 1 aromatic rings. The van der Waals surface area contributed by atoms with Crippen LogP contribution in [0, 0.1) is 5.92 Å². The van der Waals surface area contributed by atoms with Crippen molar-refractivity contribution in [1.82, 2.24) is 10.6 Å². The van der Waals surface area contributed by atoms with Crippen molar-refractivity contribution in [3.8, 4) is 11.5 Å². The second kappa shape index (κ2) is 8.06. The number of ether oxygens (including phenoxy) is 2. The third-order valence-electron chi connectivity index (χ3n) is 3.44. The molecule has 0 radical (unpaired) electrons. The Morgan fingerprint density at radius 2 is 1.96 bits per heavy atom. The lowest BCUT2D eigenvalue weighted by atomic mass is 10.2. The Labute approximate surface area is 140 Å². The van der Waals surface area contributed by atoms with Gasteiger partial charge in [-0.3, -0.25) is 9.59 Å². The lowest BCUT2D eigenvalue weighted by Crippen LogP contribution is -2.35. The molecule has 1 aliphatic rings. The fourth-order valence-electron chi connectivity index (χ4n) is 2.09. The van der Waals surface area contributed by atoms with Crippen LogP contribution in [0.15, 0.2) is 12.1 Å². The molecule has 0 heterocycles. The van der Waals surface area contributed by atoms with Gasteiger partial charge in [-0.2, -0.15) is 0 Å². The van der Waals surface area contributed by atoms with Gasteiger partial charge in [0.15, 0.2) is 11.5 Å². The van der Waals surface area contributed by atoms with E-state index in [1.807, 2.05) is 6.92 Å². The second-order valence-electron chi connectivity index (χ2n) is 5.24. The van der Waals surface area contributed by atoms with E-state index in [-0.39, 0.29) is 17.7 Å². The highest BCUT2D eigenvalue weighted by Crippen LogP contribution is 2.36. The van der Waals surface area contributed by atoms with Gasteiger partial charge in [-0.25, -0.2) is 0 Å². The highest BCUT2D eigenvalue weighted by atomic mass is 35.5. The molecule has 1 fully saturated rings. The first-order valence-corrected chi connectivity index (χ1v) is 8.00. The molecular formula is C16H21ClN2O4. The maximum atomic E-state index is 12.1. The normalized spacial score (nSPS) is 13.3. The lowest BCUT2D eigenvalue weighted by Gasteiger charge is -2.13. The highest BCUT2D eigenvalue weighted by molar-refractivity contribution is 6.32. The molecule has 23 heavy (non-hydrogen) atoms. The largest absolute Gasteiger partial charge is 0.493 e. The monoisotopic (exact) mass is 340 g/mol. The van der Waals surface area contributed by atoms with E-state index in [4.69, 9.17) is 21.1 Å². The zero-order chi connectivity index (χ0) is 16.8. The minimum absolute atomic E-state index is 0.0602. The maximum absolute atomic E-state index is 12.1. The van der Waals surface area contributed by atoms with Gasteiger partial charge in [0.05, 0.1) is 18.7 Å². The second-order valence-corrected chi connectivity index (χ2v) is 5.65. The van der Waals surface area contributed by atoms with Crippen molar-refractivity contribution in [2.75, 3.05) is 26.8 Å². The van der Waals surface area contributed by atoms with Crippen LogP contribution in [0.3, 0.4) is 0 Å². The third-order valence-corrected chi connectivity index (χ3v) is 3.72. The molecule has 1 aromatic carbocycles. The van der Waals surface area contributed by atoms with Crippen molar-refractivity contribution in [3.05, 3.63) is 22.7 Å². The summed E-state index contributed by atoms with van der Waals surface area (Å²) in [4.78, 5) is 23.6. The van der Waals surface area contributed by atoms with Gasteiger partial charge in [0.1, 0.15) is 0 Å². The van der Waals surface area contributed by atoms with Gasteiger partial charge in [0.2, 0.25) is 5.91 Å². The average molecular weight is 341 g/mol. The summed E-state index contributed by atoms with van der Waals surface area (Å²) in [6.07, 6.45) is 1.92. The number of amides is 2. The molecule has 2 amide bonds. The molecule has 0 aliphatic heterocycles. The Hall–Kier alpha value is -1.95. The molecule has 0 saturated heterocycles. The van der Waals surface area contributed by atoms with Gasteiger partial charge in [-0.05, 0) is 31.9 Å². The van der Waals surface area contributed by atoms with Gasteiger partial charge in [0, 0.05) is 24.6 Å². The molecule has 7 heteroatoms. The molecule has 126 valence electrons. The molecule has 6 nitrogen and oxygen atoms in total. The minimum Gasteiger partial charge on any atom is -0.493 e. The molecule has 0 atom stereocenters. The molecule has 1 aliphatic carbocycles. The van der Waals surface area contributed by atoms with E-state index in [9.17, 15) is 9.59 Å². The topological polar surface area (TPSA) is 76.7 Å². The molecular weight excluding hydrogens is 320 g/mol. The average Bonchev–Trinajstić information content (AvgIpc) is 3.37. The lowest BCUT2D eigenvalue weighted by molar-refractivity contribution is -0.122. The fraction of sp³-hybridized carbons (Fsp3) is 0.500. The van der Waals surface area contributed by atoms with Crippen LogP contribution in [0.4, 0.5) is 0 Å². The van der Waals surface area contributed by atoms with Gasteiger partial charge < -0.3 is 20.1 Å². The summed E-state index contributed by atoms with van der Waals surface area (Å²) < 4.78 is 10.6. The Morgan fingerprint density at radius 3 is 2.57 bits per heavy atom. The van der Waals surface area contributed by atoms with Crippen LogP contribution >= 0.6 is 11.6 Å². The molecule has 2 N–H and O–H groups in total. The Bertz CT molecular complexity index is 588. The quantitative estimate of drug-likeness (QED) is 0.710. The highest BCUT2D eigenvalue weighted by Gasteiger charge is 2.29. The van der Waals surface area contributed by atoms with Crippen molar-refractivity contribution < 1.29 is 19.1 Å². The number of carbonyl (C=O) groups is 2. The minimum atomic E-state index is -0.283. The number of nitrogens with one attached hydrogen (secondary N) is 2. The van der Waals surface area contributed by atoms with E-state index < -0.39 is 0 Å². The van der Waals surface area contributed by atoms with Crippen LogP contribution < -0.4 is 20.1 Å². The number of carbonyl (C=O) groups excluding carboxylic acids is 2. The third kappa shape index (κ3) is 4.76. The fourth-order valence-corrected chi connectivity index (χ4v) is 2.35. The zero-order valence-corrected chi connectivity index (χ0v) is 14.0. The maximum Gasteiger partial charge on any atom is 0.251 e. The predicted octanol–water partition coefficient (Wildman–Crippen LogP) is 2.00. The smallest absolute Gasteiger partial charge is 0.251 e. The van der Waals surface area contributed by atoms with E-state index >= 15 is 0 Å². The molecule has 1 saturated carbocycles. The summed E-state index contributed by atoms with van der Waals surface area (Å²) >= 11 is 6.14. The molecule has 0 aromatic heterocycles. The Kier molecular flexibility index (Phi) is 6.10. The standard InChI is InChI=1S/C16H21ClN2O4/c1-3-23-14-12(17)8-11(9-13(14)22-2)16(21)19-7-6-18-15(20)10-4-5-10/h8-10H,3-7H2,1-2H3,(H,18,20)(H,19,21). The summed E-state index contributed by atoms with van der Waals surface area (Å²) in [6.45, 7) is 3.04. The van der Waals surface area contributed by atoms with E-state index in [2.05, 4.69) is 10.6 Å². The van der Waals surface area contributed by atoms with Crippen LogP contribution in [-0.4, -0.2) is 38.6 Å². The summed E-state index contributed by atoms with van der Waals surface area (Å²) in [5.41, 5.74) is 0.379. The first-order valence-electron chi connectivity index (χ1n) is 7.63. The number of rotatable bonds is 8. The van der Waals surface area contributed by atoms with Gasteiger partial charge >= 0.3 is 0 Å². The van der Waals surface area contributed by atoms with Crippen LogP contribution in [0.25, 0.3) is 0 Å². The Morgan fingerprint density at radius 1 is 1.26 bits per heavy atom. The molecule has 0 spiro atoms. The summed E-state index contributed by atoms with van der Waals surface area (Å²) in [6, 6.07) is 3.11. The molecule has 2 rings (SSSR count). The van der Waals surface area contributed by atoms with E-state index in [0.29, 0.717) is 41.8 Å². The molecule has 0 unspecified atom stereocenters. The van der Waals surface area contributed by atoms with Crippen LogP contribution in [0.2, 0.25) is 5.02 Å². The number of hydrogen-bond donors (Lipinski definition) is 2. The first-order chi connectivity index (χ1) is 11.1. The van der Waals surface area contributed by atoms with Gasteiger partial charge in [-0.1, -0.05) is 11.6 Å². The number of methoxy groups -OCH3 is 1. The van der Waals surface area contributed by atoms with Crippen molar-refractivity contribution in [2.24, 2.45) is 5.92 Å². The van der Waals surface area contributed by atoms with Crippen molar-refractivity contribution in [2.45, 2.75) is 19.8 Å². The number of hydrogen-bond acceptors (Lipinski definition) is 4. The van der Waals surface area contributed by atoms with Crippen LogP contribution in [0.1, 0.15) is 30.1 Å². The zero-order valence-electron chi connectivity index (χ0n) is 13.3. The number of benzene rings is 1. The summed E-state index contributed by atoms with van der Waals surface area (Å²) in [7, 11) is 1.49. The van der Waals surface area contributed by atoms with Crippen molar-refractivity contribution >= 4 is 23.4 Å².